The maximum Gasteiger partial charge on any atom is 0.185 e. The van der Waals surface area contributed by atoms with Gasteiger partial charge in [0.25, 0.3) is 0 Å². The van der Waals surface area contributed by atoms with Crippen LogP contribution in [0.1, 0.15) is 11.1 Å². The second kappa shape index (κ2) is 7.04. The molecule has 0 bridgehead atoms. The minimum Gasteiger partial charge on any atom is -0.367 e. The first-order valence-corrected chi connectivity index (χ1v) is 10.5. The summed E-state index contributed by atoms with van der Waals surface area (Å²) in [6, 6.07) is 17.5. The Hall–Kier alpha value is -3.96. The molecule has 1 fully saturated rings. The van der Waals surface area contributed by atoms with Gasteiger partial charge in [0, 0.05) is 30.5 Å². The van der Waals surface area contributed by atoms with Gasteiger partial charge in [-0.05, 0) is 47.5 Å². The largest absolute Gasteiger partial charge is 0.367 e. The second-order valence-electron chi connectivity index (χ2n) is 8.35. The van der Waals surface area contributed by atoms with Gasteiger partial charge in [-0.2, -0.15) is 5.26 Å². The molecule has 1 saturated heterocycles. The van der Waals surface area contributed by atoms with E-state index in [2.05, 4.69) is 39.2 Å². The van der Waals surface area contributed by atoms with E-state index in [4.69, 9.17) is 11.0 Å². The monoisotopic (exact) mass is 425 g/mol. The molecule has 0 unspecified atom stereocenters. The van der Waals surface area contributed by atoms with Crippen molar-refractivity contribution in [2.75, 3.05) is 18.0 Å². The Balaban J connectivity index is 1.43. The van der Waals surface area contributed by atoms with Crippen molar-refractivity contribution in [2.45, 2.75) is 18.8 Å². The highest BCUT2D eigenvalue weighted by atomic mass is 19.1. The van der Waals surface area contributed by atoms with E-state index in [0.29, 0.717) is 25.2 Å². The SMILES string of the molecule is N#Cc1ccc(-c2cc3n(c2)Cc2cc(N4C[C@@H](F)[C@@H](N)C4)ccc2-n2cnnc2-3)cc1. The van der Waals surface area contributed by atoms with Crippen molar-refractivity contribution in [3.8, 4) is 34.4 Å². The van der Waals surface area contributed by atoms with Gasteiger partial charge in [0.15, 0.2) is 5.82 Å². The zero-order chi connectivity index (χ0) is 21.8. The molecule has 32 heavy (non-hydrogen) atoms. The number of anilines is 1. The third-order valence-electron chi connectivity index (χ3n) is 6.34. The van der Waals surface area contributed by atoms with E-state index >= 15 is 0 Å². The smallest absolute Gasteiger partial charge is 0.185 e. The van der Waals surface area contributed by atoms with Crippen molar-refractivity contribution < 1.29 is 4.39 Å². The number of nitrogens with two attached hydrogens (primary N) is 1. The van der Waals surface area contributed by atoms with Crippen LogP contribution in [-0.4, -0.2) is 44.6 Å². The number of nitriles is 1. The van der Waals surface area contributed by atoms with E-state index in [1.54, 1.807) is 6.33 Å². The summed E-state index contributed by atoms with van der Waals surface area (Å²) in [6.45, 7) is 1.47. The van der Waals surface area contributed by atoms with Crippen molar-refractivity contribution in [2.24, 2.45) is 5.73 Å². The quantitative estimate of drug-likeness (QED) is 0.469. The average Bonchev–Trinajstić information content (AvgIpc) is 3.51. The molecule has 8 heteroatoms. The molecule has 0 amide bonds. The lowest BCUT2D eigenvalue weighted by Gasteiger charge is -2.20. The topological polar surface area (TPSA) is 88.7 Å². The zero-order valence-electron chi connectivity index (χ0n) is 17.2. The van der Waals surface area contributed by atoms with E-state index in [9.17, 15) is 4.39 Å². The van der Waals surface area contributed by atoms with E-state index in [-0.39, 0.29) is 0 Å². The summed E-state index contributed by atoms with van der Waals surface area (Å²) in [5.41, 5.74) is 12.7. The van der Waals surface area contributed by atoms with Crippen molar-refractivity contribution in [1.29, 1.82) is 5.26 Å². The summed E-state index contributed by atoms with van der Waals surface area (Å²) in [5, 5.41) is 17.6. The van der Waals surface area contributed by atoms with Crippen LogP contribution in [0.15, 0.2) is 61.1 Å². The van der Waals surface area contributed by atoms with Crippen LogP contribution in [0.2, 0.25) is 0 Å². The van der Waals surface area contributed by atoms with Gasteiger partial charge in [0.05, 0.1) is 35.6 Å². The van der Waals surface area contributed by atoms with Gasteiger partial charge < -0.3 is 15.2 Å². The summed E-state index contributed by atoms with van der Waals surface area (Å²) in [5.74, 6) is 0.767. The molecule has 4 heterocycles. The molecule has 4 aromatic rings. The van der Waals surface area contributed by atoms with Crippen LogP contribution in [0.5, 0.6) is 0 Å². The van der Waals surface area contributed by atoms with Gasteiger partial charge in [-0.25, -0.2) is 4.39 Å². The van der Waals surface area contributed by atoms with E-state index in [0.717, 1.165) is 39.6 Å². The fraction of sp³-hybridized carbons (Fsp3) is 0.208. The van der Waals surface area contributed by atoms with E-state index < -0.39 is 12.2 Å². The minimum atomic E-state index is -1.01. The molecule has 2 aliphatic rings. The highest BCUT2D eigenvalue weighted by molar-refractivity contribution is 5.72. The summed E-state index contributed by atoms with van der Waals surface area (Å²) in [4.78, 5) is 2.01. The van der Waals surface area contributed by atoms with E-state index in [1.807, 2.05) is 45.9 Å². The van der Waals surface area contributed by atoms with Gasteiger partial charge in [0.2, 0.25) is 0 Å². The molecule has 0 saturated carbocycles. The van der Waals surface area contributed by atoms with Gasteiger partial charge >= 0.3 is 0 Å². The second-order valence-corrected chi connectivity index (χ2v) is 8.35. The van der Waals surface area contributed by atoms with Crippen molar-refractivity contribution >= 4 is 5.69 Å². The Kier molecular flexibility index (Phi) is 4.13. The fourth-order valence-electron chi connectivity index (χ4n) is 4.62. The number of fused-ring (bicyclic) bond motifs is 5. The first kappa shape index (κ1) is 18.8. The van der Waals surface area contributed by atoms with Gasteiger partial charge in [-0.15, -0.1) is 10.2 Å². The maximum atomic E-state index is 14.0. The Morgan fingerprint density at radius 2 is 1.91 bits per heavy atom. The normalized spacial score (nSPS) is 19.1. The molecule has 0 aliphatic carbocycles. The molecule has 2 aromatic carbocycles. The summed E-state index contributed by atoms with van der Waals surface area (Å²) in [7, 11) is 0. The van der Waals surface area contributed by atoms with Crippen LogP contribution in [0.4, 0.5) is 10.1 Å². The number of nitrogens with zero attached hydrogens (tertiary/aromatic N) is 6. The predicted octanol–water partition coefficient (Wildman–Crippen LogP) is 3.12. The lowest BCUT2D eigenvalue weighted by atomic mass is 10.1. The standard InChI is InChI=1S/C24H20FN7/c25-20-12-30(13-21(20)27)19-5-6-22-18(7-19)11-31-10-17(16-3-1-15(9-26)2-4-16)8-23(31)24-29-28-14-32(22)24/h1-8,10,14,20-21H,11-13,27H2/t20-,21+/m1/s1. The summed E-state index contributed by atoms with van der Waals surface area (Å²) >= 11 is 0. The first-order valence-electron chi connectivity index (χ1n) is 10.5. The Morgan fingerprint density at radius 3 is 2.66 bits per heavy atom. The van der Waals surface area contributed by atoms with Gasteiger partial charge in [-0.3, -0.25) is 4.57 Å². The fourth-order valence-corrected chi connectivity index (χ4v) is 4.62. The van der Waals surface area contributed by atoms with Crippen LogP contribution in [0.3, 0.4) is 0 Å². The molecule has 0 radical (unpaired) electrons. The maximum absolute atomic E-state index is 14.0. The molecule has 2 aliphatic heterocycles. The van der Waals surface area contributed by atoms with E-state index in [1.165, 1.54) is 0 Å². The Bertz CT molecular complexity index is 1350. The summed E-state index contributed by atoms with van der Waals surface area (Å²) in [6.07, 6.45) is 2.81. The molecule has 2 aromatic heterocycles. The lowest BCUT2D eigenvalue weighted by molar-refractivity contribution is 0.333. The third kappa shape index (κ3) is 2.90. The molecule has 158 valence electrons. The highest BCUT2D eigenvalue weighted by Gasteiger charge is 2.31. The van der Waals surface area contributed by atoms with Gasteiger partial charge in [-0.1, -0.05) is 12.1 Å². The molecule has 0 spiro atoms. The van der Waals surface area contributed by atoms with Crippen LogP contribution < -0.4 is 10.6 Å². The molecule has 7 nitrogen and oxygen atoms in total. The Morgan fingerprint density at radius 1 is 1.06 bits per heavy atom. The zero-order valence-corrected chi connectivity index (χ0v) is 17.2. The number of alkyl halides is 1. The first-order chi connectivity index (χ1) is 15.6. The molecule has 2 N–H and O–H groups in total. The number of benzene rings is 2. The lowest BCUT2D eigenvalue weighted by Crippen LogP contribution is -2.30. The van der Waals surface area contributed by atoms with Crippen molar-refractivity contribution in [1.82, 2.24) is 19.3 Å². The molecule has 6 rings (SSSR count). The summed E-state index contributed by atoms with van der Waals surface area (Å²) < 4.78 is 18.2. The number of aromatic nitrogens is 4. The van der Waals surface area contributed by atoms with Crippen LogP contribution in [0, 0.1) is 11.3 Å². The van der Waals surface area contributed by atoms with Crippen LogP contribution in [-0.2, 0) is 6.54 Å². The van der Waals surface area contributed by atoms with Crippen molar-refractivity contribution in [3.05, 3.63) is 72.2 Å². The van der Waals surface area contributed by atoms with Crippen LogP contribution in [0.25, 0.3) is 28.3 Å². The number of rotatable bonds is 2. The molecule has 2 atom stereocenters. The van der Waals surface area contributed by atoms with Crippen molar-refractivity contribution in [3.63, 3.8) is 0 Å². The Labute approximate surface area is 184 Å². The third-order valence-corrected chi connectivity index (χ3v) is 6.34. The highest BCUT2D eigenvalue weighted by Crippen LogP contribution is 2.35. The minimum absolute atomic E-state index is 0.315. The number of halogens is 1. The molecular weight excluding hydrogens is 405 g/mol. The van der Waals surface area contributed by atoms with Crippen LogP contribution >= 0.6 is 0 Å². The molecular formula is C24H20FN7. The predicted molar refractivity (Wildman–Crippen MR) is 119 cm³/mol. The van der Waals surface area contributed by atoms with Gasteiger partial charge in [0.1, 0.15) is 12.5 Å². The average molecular weight is 425 g/mol. The number of hydrogen-bond donors (Lipinski definition) is 1. The number of hydrogen-bond acceptors (Lipinski definition) is 5.